The van der Waals surface area contributed by atoms with Crippen LogP contribution in [0.25, 0.3) is 6.08 Å². The number of terminal acetylenes is 1. The van der Waals surface area contributed by atoms with Crippen molar-refractivity contribution in [2.75, 3.05) is 24.6 Å². The van der Waals surface area contributed by atoms with Crippen LogP contribution in [0.3, 0.4) is 0 Å². The molecule has 0 aliphatic carbocycles. The summed E-state index contributed by atoms with van der Waals surface area (Å²) in [7, 11) is 0. The highest BCUT2D eigenvalue weighted by molar-refractivity contribution is 5.73. The zero-order valence-electron chi connectivity index (χ0n) is 12.5. The van der Waals surface area contributed by atoms with Crippen LogP contribution >= 0.6 is 0 Å². The van der Waals surface area contributed by atoms with Gasteiger partial charge in [-0.2, -0.15) is 0 Å². The van der Waals surface area contributed by atoms with Crippen LogP contribution in [0, 0.1) is 19.3 Å². The summed E-state index contributed by atoms with van der Waals surface area (Å²) in [6.45, 7) is 6.69. The third kappa shape index (κ3) is 3.17. The van der Waals surface area contributed by atoms with Crippen molar-refractivity contribution < 1.29 is 4.74 Å². The van der Waals surface area contributed by atoms with Crippen molar-refractivity contribution in [2.24, 2.45) is 0 Å². The van der Waals surface area contributed by atoms with Crippen LogP contribution in [-0.2, 0) is 0 Å². The lowest BCUT2D eigenvalue weighted by Gasteiger charge is -2.32. The lowest BCUT2D eigenvalue weighted by molar-refractivity contribution is 0.368. The van der Waals surface area contributed by atoms with Gasteiger partial charge in [0.25, 0.3) is 0 Å². The van der Waals surface area contributed by atoms with Crippen LogP contribution in [0.5, 0.6) is 5.75 Å². The monoisotopic (exact) mass is 269 g/mol. The minimum atomic E-state index is 0.314. The summed E-state index contributed by atoms with van der Waals surface area (Å²) in [6, 6.07) is 4.27. The van der Waals surface area contributed by atoms with Gasteiger partial charge in [0, 0.05) is 18.7 Å². The molecule has 1 saturated heterocycles. The van der Waals surface area contributed by atoms with Crippen LogP contribution < -0.4 is 9.64 Å². The highest BCUT2D eigenvalue weighted by Gasteiger charge is 2.19. The number of ether oxygens (including phenoxy) is 1. The average Bonchev–Trinajstić information content (AvgIpc) is 2.48. The Bertz CT molecular complexity index is 519. The Labute approximate surface area is 122 Å². The molecule has 1 heterocycles. The molecule has 0 atom stereocenters. The third-order valence-electron chi connectivity index (χ3n) is 3.68. The molecule has 0 N–H and O–H groups in total. The minimum Gasteiger partial charge on any atom is -0.478 e. The molecule has 0 radical (unpaired) electrons. The summed E-state index contributed by atoms with van der Waals surface area (Å²) in [4.78, 5) is 2.44. The molecule has 1 aliphatic heterocycles. The fourth-order valence-corrected chi connectivity index (χ4v) is 2.77. The molecule has 0 spiro atoms. The zero-order chi connectivity index (χ0) is 14.4. The van der Waals surface area contributed by atoms with Gasteiger partial charge in [0.2, 0.25) is 0 Å². The van der Waals surface area contributed by atoms with E-state index in [0.717, 1.165) is 24.4 Å². The molecule has 1 aliphatic rings. The Balaban J connectivity index is 2.45. The first-order valence-corrected chi connectivity index (χ1v) is 7.35. The summed E-state index contributed by atoms with van der Waals surface area (Å²) in [5, 5.41) is 0. The van der Waals surface area contributed by atoms with Crippen molar-refractivity contribution in [3.8, 4) is 18.1 Å². The van der Waals surface area contributed by atoms with E-state index in [1.165, 1.54) is 30.5 Å². The Kier molecular flexibility index (Phi) is 5.12. The van der Waals surface area contributed by atoms with Gasteiger partial charge in [0.15, 0.2) is 5.75 Å². The van der Waals surface area contributed by atoms with E-state index in [0.29, 0.717) is 6.61 Å². The van der Waals surface area contributed by atoms with Crippen molar-refractivity contribution >= 4 is 11.8 Å². The fourth-order valence-electron chi connectivity index (χ4n) is 2.77. The van der Waals surface area contributed by atoms with E-state index in [4.69, 9.17) is 11.2 Å². The van der Waals surface area contributed by atoms with Crippen LogP contribution in [0.15, 0.2) is 18.2 Å². The van der Waals surface area contributed by atoms with E-state index < -0.39 is 0 Å². The van der Waals surface area contributed by atoms with Crippen molar-refractivity contribution in [3.05, 3.63) is 29.3 Å². The first kappa shape index (κ1) is 14.5. The molecule has 0 aromatic heterocycles. The predicted molar refractivity (Wildman–Crippen MR) is 86.3 cm³/mol. The second kappa shape index (κ2) is 7.05. The highest BCUT2D eigenvalue weighted by atomic mass is 16.5. The van der Waals surface area contributed by atoms with Gasteiger partial charge in [-0.3, -0.25) is 0 Å². The normalized spacial score (nSPS) is 15.3. The molecule has 0 unspecified atom stereocenters. The molecule has 0 bridgehead atoms. The van der Waals surface area contributed by atoms with Gasteiger partial charge >= 0.3 is 0 Å². The van der Waals surface area contributed by atoms with Crippen molar-refractivity contribution in [3.63, 3.8) is 0 Å². The molecule has 1 aromatic carbocycles. The number of benzene rings is 1. The summed E-state index contributed by atoms with van der Waals surface area (Å²) in [6.07, 6.45) is 13.3. The predicted octanol–water partition coefficient (Wildman–Crippen LogP) is 4.03. The highest BCUT2D eigenvalue weighted by Crippen LogP contribution is 2.37. The number of piperidine rings is 1. The van der Waals surface area contributed by atoms with Gasteiger partial charge in [0.05, 0.1) is 5.69 Å². The van der Waals surface area contributed by atoms with Crippen LogP contribution in [0.2, 0.25) is 0 Å². The van der Waals surface area contributed by atoms with Gasteiger partial charge in [-0.25, -0.2) is 0 Å². The maximum Gasteiger partial charge on any atom is 0.151 e. The summed E-state index contributed by atoms with van der Waals surface area (Å²) < 4.78 is 5.88. The number of rotatable bonds is 4. The van der Waals surface area contributed by atoms with Gasteiger partial charge < -0.3 is 9.64 Å². The van der Waals surface area contributed by atoms with Gasteiger partial charge in [0.1, 0.15) is 6.61 Å². The summed E-state index contributed by atoms with van der Waals surface area (Å²) in [5.74, 6) is 3.50. The van der Waals surface area contributed by atoms with Crippen LogP contribution in [0.1, 0.15) is 37.3 Å². The smallest absolute Gasteiger partial charge is 0.151 e. The van der Waals surface area contributed by atoms with Crippen molar-refractivity contribution in [2.45, 2.75) is 33.1 Å². The Morgan fingerprint density at radius 2 is 2.05 bits per heavy atom. The van der Waals surface area contributed by atoms with E-state index in [9.17, 15) is 0 Å². The molecule has 2 rings (SSSR count). The molecule has 1 aromatic rings. The molecule has 2 heteroatoms. The number of aryl methyl sites for hydroxylation is 1. The Hall–Kier alpha value is -1.88. The van der Waals surface area contributed by atoms with E-state index in [1.807, 2.05) is 13.0 Å². The van der Waals surface area contributed by atoms with Crippen molar-refractivity contribution in [1.29, 1.82) is 0 Å². The second-order valence-electron chi connectivity index (χ2n) is 5.19. The van der Waals surface area contributed by atoms with E-state index in [1.54, 1.807) is 0 Å². The molecular weight excluding hydrogens is 246 g/mol. The number of nitrogens with zero attached hydrogens (tertiary/aromatic N) is 1. The molecule has 2 nitrogen and oxygen atoms in total. The maximum absolute atomic E-state index is 5.88. The quantitative estimate of drug-likeness (QED) is 0.765. The largest absolute Gasteiger partial charge is 0.478 e. The van der Waals surface area contributed by atoms with Gasteiger partial charge in [-0.1, -0.05) is 30.2 Å². The number of hydrogen-bond acceptors (Lipinski definition) is 2. The van der Waals surface area contributed by atoms with Gasteiger partial charge in [-0.15, -0.1) is 6.42 Å². The SMILES string of the molecule is C#CCOc1c(C=CC)ccc(C)c1N1CCCCC1. The molecule has 1 fully saturated rings. The minimum absolute atomic E-state index is 0.314. The molecule has 106 valence electrons. The first-order valence-electron chi connectivity index (χ1n) is 7.35. The lowest BCUT2D eigenvalue weighted by Crippen LogP contribution is -2.30. The topological polar surface area (TPSA) is 12.5 Å². The lowest BCUT2D eigenvalue weighted by atomic mass is 10.0. The van der Waals surface area contributed by atoms with E-state index in [2.05, 4.69) is 36.0 Å². The Morgan fingerprint density at radius 3 is 2.70 bits per heavy atom. The molecule has 0 saturated carbocycles. The fraction of sp³-hybridized carbons (Fsp3) is 0.444. The van der Waals surface area contributed by atoms with E-state index in [-0.39, 0.29) is 0 Å². The molecular formula is C18H23NO. The number of hydrogen-bond donors (Lipinski definition) is 0. The number of allylic oxidation sites excluding steroid dienone is 1. The van der Waals surface area contributed by atoms with Crippen LogP contribution in [-0.4, -0.2) is 19.7 Å². The van der Waals surface area contributed by atoms with E-state index >= 15 is 0 Å². The average molecular weight is 269 g/mol. The molecule has 20 heavy (non-hydrogen) atoms. The van der Waals surface area contributed by atoms with Gasteiger partial charge in [-0.05, 0) is 38.7 Å². The van der Waals surface area contributed by atoms with Crippen molar-refractivity contribution in [1.82, 2.24) is 0 Å². The standard InChI is InChI=1S/C18H23NO/c1-4-9-16-11-10-15(3)17(18(16)20-14-5-2)19-12-7-6-8-13-19/h2,4,9-11H,6-8,12-14H2,1,3H3. The summed E-state index contributed by atoms with van der Waals surface area (Å²) >= 11 is 0. The maximum atomic E-state index is 5.88. The Morgan fingerprint density at radius 1 is 1.30 bits per heavy atom. The second-order valence-corrected chi connectivity index (χ2v) is 5.19. The zero-order valence-corrected chi connectivity index (χ0v) is 12.5. The first-order chi connectivity index (χ1) is 9.77. The number of anilines is 1. The van der Waals surface area contributed by atoms with Crippen LogP contribution in [0.4, 0.5) is 5.69 Å². The molecule has 0 amide bonds. The summed E-state index contributed by atoms with van der Waals surface area (Å²) in [5.41, 5.74) is 3.58. The third-order valence-corrected chi connectivity index (χ3v) is 3.68.